The molecule has 1 aliphatic carbocycles. The fraction of sp³-hybridized carbons (Fsp3) is 0.579. The van der Waals surface area contributed by atoms with Crippen LogP contribution in [-0.4, -0.2) is 118 Å². The van der Waals surface area contributed by atoms with Crippen LogP contribution in [0.15, 0.2) is 47.4 Å². The molecule has 1 unspecified atom stereocenters. The highest BCUT2D eigenvalue weighted by Crippen LogP contribution is 2.54. The van der Waals surface area contributed by atoms with E-state index >= 15 is 8.78 Å². The minimum Gasteiger partial charge on any atom is -0.453 e. The van der Waals surface area contributed by atoms with Gasteiger partial charge in [-0.05, 0) is 92.9 Å². The molecule has 7 rings (SSSR count). The zero-order chi connectivity index (χ0) is 36.8. The SMILES string of the molecule is C#CC(=O)N1CC(S(=O)(=O)c2ccc(N3CC(F)(CN4CCC(C(c5cccc(F)c5)([C@H]5CCC[C@@H]5NC(=O)OC)N5CCC5)CC4)C3)c(F)c2)C1. The molecule has 2 aromatic rings. The Morgan fingerprint density at radius 1 is 1.02 bits per heavy atom. The summed E-state index contributed by atoms with van der Waals surface area (Å²) in [6.45, 7) is 3.13. The van der Waals surface area contributed by atoms with E-state index in [-0.39, 0.29) is 67.0 Å². The minimum absolute atomic E-state index is 0.0221. The Bertz CT molecular complexity index is 1830. The Morgan fingerprint density at radius 2 is 1.75 bits per heavy atom. The molecule has 4 saturated heterocycles. The second-order valence-electron chi connectivity index (χ2n) is 15.1. The lowest BCUT2D eigenvalue weighted by Gasteiger charge is -2.59. The summed E-state index contributed by atoms with van der Waals surface area (Å²) in [7, 11) is -2.51. The number of terminal acetylenes is 1. The molecule has 0 bridgehead atoms. The number of rotatable bonds is 10. The van der Waals surface area contributed by atoms with Crippen molar-refractivity contribution in [3.05, 3.63) is 59.7 Å². The zero-order valence-electron chi connectivity index (χ0n) is 29.4. The van der Waals surface area contributed by atoms with Gasteiger partial charge in [-0.25, -0.2) is 26.4 Å². The highest BCUT2D eigenvalue weighted by atomic mass is 32.2. The normalized spacial score (nSPS) is 25.3. The smallest absolute Gasteiger partial charge is 0.407 e. The number of nitrogens with zero attached hydrogens (tertiary/aromatic N) is 4. The number of carbonyl (C=O) groups is 2. The zero-order valence-corrected chi connectivity index (χ0v) is 30.2. The van der Waals surface area contributed by atoms with Gasteiger partial charge in [-0.3, -0.25) is 14.6 Å². The van der Waals surface area contributed by atoms with Crippen LogP contribution in [0.2, 0.25) is 0 Å². The average molecular weight is 742 g/mol. The number of hydrogen-bond donors (Lipinski definition) is 1. The molecule has 5 fully saturated rings. The number of hydrogen-bond acceptors (Lipinski definition) is 8. The number of alkyl halides is 1. The number of sulfone groups is 1. The van der Waals surface area contributed by atoms with Crippen molar-refractivity contribution in [1.29, 1.82) is 0 Å². The lowest BCUT2D eigenvalue weighted by atomic mass is 9.62. The molecule has 0 aromatic heterocycles. The highest BCUT2D eigenvalue weighted by Gasteiger charge is 2.57. The Balaban J connectivity index is 1.01. The van der Waals surface area contributed by atoms with Gasteiger partial charge in [-0.2, -0.15) is 0 Å². The molecule has 4 aliphatic heterocycles. The molecule has 1 saturated carbocycles. The number of likely N-dealkylation sites (tertiary alicyclic amines) is 3. The van der Waals surface area contributed by atoms with Crippen LogP contribution in [0.4, 0.5) is 23.7 Å². The Morgan fingerprint density at radius 3 is 2.37 bits per heavy atom. The Kier molecular flexibility index (Phi) is 9.99. The third kappa shape index (κ3) is 6.53. The van der Waals surface area contributed by atoms with Gasteiger partial charge in [-0.15, -0.1) is 6.42 Å². The van der Waals surface area contributed by atoms with Gasteiger partial charge in [0, 0.05) is 44.7 Å². The summed E-state index contributed by atoms with van der Waals surface area (Å²) in [6.07, 6.45) is 9.88. The van der Waals surface area contributed by atoms with Crippen molar-refractivity contribution in [2.75, 3.05) is 70.9 Å². The molecular weight excluding hydrogens is 696 g/mol. The van der Waals surface area contributed by atoms with Gasteiger partial charge in [0.1, 0.15) is 16.9 Å². The molecule has 2 amide bonds. The molecule has 14 heteroatoms. The Hall–Kier alpha value is -3.80. The number of alkyl carbamates (subject to hydrolysis) is 1. The van der Waals surface area contributed by atoms with Crippen LogP contribution in [0.3, 0.4) is 0 Å². The maximum Gasteiger partial charge on any atom is 0.407 e. The van der Waals surface area contributed by atoms with Crippen LogP contribution >= 0.6 is 0 Å². The standard InChI is InChI=1S/C38H46F3N5O5S/c1-3-35(47)44-21-30(22-44)52(49,50)29-11-12-34(32(40)20-29)45-24-37(41,25-45)23-43-17-13-26(14-18-43)38(46-15-6-16-46,27-7-4-8-28(39)19-27)31-9-5-10-33(31)42-36(48)51-2/h1,4,7-8,11-12,19-20,26,30-31,33H,5-6,9-10,13-18,21-25H2,2H3,(H,42,48)/t31-,33-,38?/m0/s1. The van der Waals surface area contributed by atoms with E-state index in [1.807, 2.05) is 12.0 Å². The van der Waals surface area contributed by atoms with Gasteiger partial charge < -0.3 is 19.9 Å². The molecule has 10 nitrogen and oxygen atoms in total. The van der Waals surface area contributed by atoms with Gasteiger partial charge in [0.15, 0.2) is 15.5 Å². The van der Waals surface area contributed by atoms with Crippen molar-refractivity contribution < 1.29 is 35.9 Å². The molecule has 1 N–H and O–H groups in total. The predicted molar refractivity (Wildman–Crippen MR) is 189 cm³/mol. The van der Waals surface area contributed by atoms with Gasteiger partial charge in [0.25, 0.3) is 5.91 Å². The quantitative estimate of drug-likeness (QED) is 0.366. The first-order valence-corrected chi connectivity index (χ1v) is 19.7. The third-order valence-electron chi connectivity index (χ3n) is 12.2. The summed E-state index contributed by atoms with van der Waals surface area (Å²) >= 11 is 0. The number of nitrogens with one attached hydrogen (secondary N) is 1. The van der Waals surface area contributed by atoms with E-state index in [1.54, 1.807) is 17.0 Å². The van der Waals surface area contributed by atoms with Crippen LogP contribution in [0.5, 0.6) is 0 Å². The summed E-state index contributed by atoms with van der Waals surface area (Å²) in [4.78, 5) is 31.3. The van der Waals surface area contributed by atoms with Gasteiger partial charge >= 0.3 is 6.09 Å². The number of carbonyl (C=O) groups excluding carboxylic acids is 2. The predicted octanol–water partition coefficient (Wildman–Crippen LogP) is 3.95. The average Bonchev–Trinajstić information content (AvgIpc) is 3.52. The minimum atomic E-state index is -3.87. The summed E-state index contributed by atoms with van der Waals surface area (Å²) in [6, 6.07) is 10.5. The number of piperidine rings is 1. The third-order valence-corrected chi connectivity index (χ3v) is 14.3. The van der Waals surface area contributed by atoms with Crippen LogP contribution in [0.1, 0.15) is 44.1 Å². The molecule has 5 aliphatic rings. The van der Waals surface area contributed by atoms with Gasteiger partial charge in [0.05, 0.1) is 36.3 Å². The van der Waals surface area contributed by atoms with Crippen LogP contribution in [0, 0.1) is 35.8 Å². The van der Waals surface area contributed by atoms with Crippen LogP contribution in [-0.2, 0) is 24.9 Å². The topological polar surface area (TPSA) is 102 Å². The van der Waals surface area contributed by atoms with Crippen molar-refractivity contribution in [1.82, 2.24) is 20.0 Å². The molecule has 0 radical (unpaired) electrons. The van der Waals surface area contributed by atoms with Crippen molar-refractivity contribution in [2.24, 2.45) is 11.8 Å². The van der Waals surface area contributed by atoms with E-state index in [0.29, 0.717) is 13.1 Å². The second-order valence-corrected chi connectivity index (χ2v) is 17.4. The van der Waals surface area contributed by atoms with Crippen molar-refractivity contribution >= 4 is 27.5 Å². The molecule has 2 aromatic carbocycles. The van der Waals surface area contributed by atoms with E-state index in [4.69, 9.17) is 11.2 Å². The first-order valence-electron chi connectivity index (χ1n) is 18.2. The lowest BCUT2D eigenvalue weighted by molar-refractivity contribution is -0.128. The van der Waals surface area contributed by atoms with Gasteiger partial charge in [0.2, 0.25) is 0 Å². The first-order chi connectivity index (χ1) is 24.9. The highest BCUT2D eigenvalue weighted by molar-refractivity contribution is 7.92. The van der Waals surface area contributed by atoms with E-state index in [0.717, 1.165) is 63.2 Å². The molecule has 0 spiro atoms. The van der Waals surface area contributed by atoms with Crippen LogP contribution < -0.4 is 10.2 Å². The molecule has 52 heavy (non-hydrogen) atoms. The maximum absolute atomic E-state index is 16.2. The van der Waals surface area contributed by atoms with Crippen LogP contribution in [0.25, 0.3) is 0 Å². The molecule has 4 heterocycles. The Labute approximate surface area is 303 Å². The molecule has 280 valence electrons. The number of amides is 2. The fourth-order valence-corrected chi connectivity index (χ4v) is 11.2. The van der Waals surface area contributed by atoms with E-state index < -0.39 is 44.1 Å². The first kappa shape index (κ1) is 36.6. The fourth-order valence-electron chi connectivity index (χ4n) is 9.57. The number of halogens is 3. The number of benzene rings is 2. The van der Waals surface area contributed by atoms with E-state index in [9.17, 15) is 22.4 Å². The summed E-state index contributed by atoms with van der Waals surface area (Å²) in [5.41, 5.74) is -0.991. The van der Waals surface area contributed by atoms with E-state index in [1.165, 1.54) is 30.2 Å². The lowest BCUT2D eigenvalue weighted by Crippen LogP contribution is -2.66. The van der Waals surface area contributed by atoms with Crippen molar-refractivity contribution in [3.63, 3.8) is 0 Å². The van der Waals surface area contributed by atoms with Crippen molar-refractivity contribution in [3.8, 4) is 12.3 Å². The summed E-state index contributed by atoms with van der Waals surface area (Å²) in [5, 5.41) is 2.23. The van der Waals surface area contributed by atoms with E-state index in [2.05, 4.69) is 15.1 Å². The largest absolute Gasteiger partial charge is 0.453 e. The summed E-state index contributed by atoms with van der Waals surface area (Å²) in [5.74, 6) is 0.541. The summed E-state index contributed by atoms with van der Waals surface area (Å²) < 4.78 is 77.4. The second kappa shape index (κ2) is 14.2. The maximum atomic E-state index is 16.2. The number of ether oxygens (including phenoxy) is 1. The number of methoxy groups -OCH3 is 1. The molecule has 3 atom stereocenters. The monoisotopic (exact) mass is 741 g/mol. The van der Waals surface area contributed by atoms with Crippen molar-refractivity contribution in [2.45, 2.75) is 65.9 Å². The number of anilines is 1. The van der Waals surface area contributed by atoms with Gasteiger partial charge in [-0.1, -0.05) is 18.6 Å². The molecular formula is C38H46F3N5O5S.